The predicted octanol–water partition coefficient (Wildman–Crippen LogP) is 3.86. The van der Waals surface area contributed by atoms with Gasteiger partial charge in [-0.05, 0) is 39.5 Å². The lowest BCUT2D eigenvalue weighted by atomic mass is 9.84. The molecule has 3 atom stereocenters. The van der Waals surface area contributed by atoms with Crippen LogP contribution in [0, 0.1) is 5.92 Å². The Morgan fingerprint density at radius 3 is 2.26 bits per heavy atom. The Kier molecular flexibility index (Phi) is 5.47. The average molecular weight is 289 g/mol. The molecule has 5 heteroatoms. The van der Waals surface area contributed by atoms with Crippen molar-refractivity contribution in [2.24, 2.45) is 5.92 Å². The molecule has 1 saturated heterocycles. The van der Waals surface area contributed by atoms with Gasteiger partial charge in [0.2, 0.25) is 0 Å². The number of rotatable bonds is 7. The molecule has 1 unspecified atom stereocenters. The minimum absolute atomic E-state index is 0.00401. The molecule has 0 amide bonds. The second kappa shape index (κ2) is 6.71. The Balaban J connectivity index is 1.92. The van der Waals surface area contributed by atoms with Gasteiger partial charge in [0.05, 0.1) is 13.2 Å². The summed E-state index contributed by atoms with van der Waals surface area (Å²) >= 11 is 0. The van der Waals surface area contributed by atoms with Crippen molar-refractivity contribution in [3.05, 3.63) is 0 Å². The lowest BCUT2D eigenvalue weighted by molar-refractivity contribution is 0.196. The molecule has 0 spiro atoms. The first kappa shape index (κ1) is 15.5. The zero-order valence-corrected chi connectivity index (χ0v) is 13.4. The second-order valence-corrected chi connectivity index (χ2v) is 7.88. The highest BCUT2D eigenvalue weighted by Crippen LogP contribution is 2.60. The van der Waals surface area contributed by atoms with Crippen molar-refractivity contribution >= 4 is 7.60 Å². The van der Waals surface area contributed by atoms with Crippen LogP contribution < -0.4 is 0 Å². The summed E-state index contributed by atoms with van der Waals surface area (Å²) < 4.78 is 23.6. The van der Waals surface area contributed by atoms with Gasteiger partial charge in [-0.15, -0.1) is 0 Å². The molecule has 1 heterocycles. The van der Waals surface area contributed by atoms with Crippen LogP contribution in [0.25, 0.3) is 0 Å². The molecular formula is C14H28NO3P. The van der Waals surface area contributed by atoms with Crippen molar-refractivity contribution in [3.8, 4) is 0 Å². The second-order valence-electron chi connectivity index (χ2n) is 5.69. The van der Waals surface area contributed by atoms with Crippen LogP contribution in [0.15, 0.2) is 0 Å². The van der Waals surface area contributed by atoms with Crippen LogP contribution in [-0.4, -0.2) is 36.5 Å². The van der Waals surface area contributed by atoms with E-state index in [4.69, 9.17) is 9.05 Å². The highest BCUT2D eigenvalue weighted by atomic mass is 31.2. The van der Waals surface area contributed by atoms with Crippen molar-refractivity contribution in [2.75, 3.05) is 19.8 Å². The molecule has 0 aromatic heterocycles. The van der Waals surface area contributed by atoms with Crippen LogP contribution in [0.1, 0.15) is 52.9 Å². The summed E-state index contributed by atoms with van der Waals surface area (Å²) in [5.41, 5.74) is 0. The van der Waals surface area contributed by atoms with Gasteiger partial charge in [0.15, 0.2) is 0 Å². The highest BCUT2D eigenvalue weighted by molar-refractivity contribution is 7.55. The van der Waals surface area contributed by atoms with Crippen LogP contribution in [-0.2, 0) is 13.6 Å². The van der Waals surface area contributed by atoms with Gasteiger partial charge in [0.25, 0.3) is 0 Å². The molecule has 2 rings (SSSR count). The van der Waals surface area contributed by atoms with Crippen LogP contribution in [0.3, 0.4) is 0 Å². The average Bonchev–Trinajstić information content (AvgIpc) is 3.20. The molecule has 1 aliphatic heterocycles. The summed E-state index contributed by atoms with van der Waals surface area (Å²) in [5.74, 6) is 0.764. The van der Waals surface area contributed by atoms with Gasteiger partial charge in [-0.1, -0.05) is 19.3 Å². The normalized spacial score (nSPS) is 30.3. The molecule has 0 N–H and O–H groups in total. The standard InChI is InChI=1S/C14H28NO3P/c1-4-17-19(16,18-5-2)14-11-15(14)12(3)13-9-7-6-8-10-13/h12-14H,4-11H2,1-3H3/t12-,14+,15?/m1/s1. The molecule has 2 fully saturated rings. The SMILES string of the molecule is CCOP(=O)(OCC)[C@H]1CN1[C@H](C)C1CCCCC1. The maximum Gasteiger partial charge on any atom is 0.348 e. The van der Waals surface area contributed by atoms with Gasteiger partial charge in [-0.3, -0.25) is 9.46 Å². The van der Waals surface area contributed by atoms with Crippen molar-refractivity contribution in [1.82, 2.24) is 4.90 Å². The van der Waals surface area contributed by atoms with E-state index in [9.17, 15) is 4.57 Å². The molecule has 0 aromatic rings. The van der Waals surface area contributed by atoms with Crippen molar-refractivity contribution in [3.63, 3.8) is 0 Å². The monoisotopic (exact) mass is 289 g/mol. The van der Waals surface area contributed by atoms with Gasteiger partial charge in [-0.25, -0.2) is 0 Å². The van der Waals surface area contributed by atoms with Crippen LogP contribution in [0.2, 0.25) is 0 Å². The summed E-state index contributed by atoms with van der Waals surface area (Å²) in [6, 6.07) is 0.513. The van der Waals surface area contributed by atoms with E-state index in [-0.39, 0.29) is 5.78 Å². The molecule has 2 aliphatic rings. The third-order valence-electron chi connectivity index (χ3n) is 4.46. The van der Waals surface area contributed by atoms with Gasteiger partial charge in [0.1, 0.15) is 5.78 Å². The predicted molar refractivity (Wildman–Crippen MR) is 77.4 cm³/mol. The zero-order chi connectivity index (χ0) is 13.9. The fourth-order valence-corrected chi connectivity index (χ4v) is 5.42. The van der Waals surface area contributed by atoms with Gasteiger partial charge in [-0.2, -0.15) is 0 Å². The zero-order valence-electron chi connectivity index (χ0n) is 12.5. The number of hydrogen-bond acceptors (Lipinski definition) is 4. The smallest absolute Gasteiger partial charge is 0.308 e. The summed E-state index contributed by atoms with van der Waals surface area (Å²) in [4.78, 5) is 2.32. The van der Waals surface area contributed by atoms with E-state index in [1.165, 1.54) is 32.1 Å². The van der Waals surface area contributed by atoms with Gasteiger partial charge < -0.3 is 9.05 Å². The van der Waals surface area contributed by atoms with Gasteiger partial charge >= 0.3 is 7.60 Å². The molecule has 19 heavy (non-hydrogen) atoms. The maximum absolute atomic E-state index is 12.7. The van der Waals surface area contributed by atoms with E-state index in [0.717, 1.165) is 12.5 Å². The Labute approximate surface area is 117 Å². The van der Waals surface area contributed by atoms with E-state index in [1.807, 2.05) is 13.8 Å². The largest absolute Gasteiger partial charge is 0.348 e. The lowest BCUT2D eigenvalue weighted by Gasteiger charge is -2.29. The fourth-order valence-electron chi connectivity index (χ4n) is 3.32. The van der Waals surface area contributed by atoms with Crippen LogP contribution in [0.5, 0.6) is 0 Å². The Bertz CT molecular complexity index is 321. The molecule has 1 aliphatic carbocycles. The Morgan fingerprint density at radius 2 is 1.74 bits per heavy atom. The van der Waals surface area contributed by atoms with Crippen molar-refractivity contribution < 1.29 is 13.6 Å². The highest BCUT2D eigenvalue weighted by Gasteiger charge is 2.53. The van der Waals surface area contributed by atoms with Crippen molar-refractivity contribution in [2.45, 2.75) is 64.7 Å². The van der Waals surface area contributed by atoms with Crippen LogP contribution >= 0.6 is 7.60 Å². The lowest BCUT2D eigenvalue weighted by Crippen LogP contribution is -2.28. The summed E-state index contributed by atoms with van der Waals surface area (Å²) in [7, 11) is -2.92. The van der Waals surface area contributed by atoms with E-state index < -0.39 is 7.60 Å². The number of hydrogen-bond donors (Lipinski definition) is 0. The van der Waals surface area contributed by atoms with Crippen molar-refractivity contribution in [1.29, 1.82) is 0 Å². The quantitative estimate of drug-likeness (QED) is 0.527. The molecule has 4 nitrogen and oxygen atoms in total. The molecule has 0 radical (unpaired) electrons. The van der Waals surface area contributed by atoms with Crippen LogP contribution in [0.4, 0.5) is 0 Å². The summed E-state index contributed by atoms with van der Waals surface area (Å²) in [6.45, 7) is 7.82. The van der Waals surface area contributed by atoms with E-state index in [2.05, 4.69) is 11.8 Å². The molecule has 112 valence electrons. The summed E-state index contributed by atoms with van der Waals surface area (Å²) in [5, 5.41) is 0. The van der Waals surface area contributed by atoms with Gasteiger partial charge in [0, 0.05) is 12.6 Å². The number of nitrogens with zero attached hydrogens (tertiary/aromatic N) is 1. The Morgan fingerprint density at radius 1 is 1.16 bits per heavy atom. The first-order valence-electron chi connectivity index (χ1n) is 7.77. The first-order chi connectivity index (χ1) is 9.12. The third kappa shape index (κ3) is 3.60. The maximum atomic E-state index is 12.7. The summed E-state index contributed by atoms with van der Waals surface area (Å²) in [6.07, 6.45) is 6.71. The minimum atomic E-state index is -2.92. The molecule has 0 bridgehead atoms. The third-order valence-corrected chi connectivity index (χ3v) is 6.89. The van der Waals surface area contributed by atoms with E-state index in [1.54, 1.807) is 0 Å². The molecule has 1 saturated carbocycles. The first-order valence-corrected chi connectivity index (χ1v) is 9.38. The minimum Gasteiger partial charge on any atom is -0.308 e. The Hall–Kier alpha value is 0.110. The molecular weight excluding hydrogens is 261 g/mol. The van der Waals surface area contributed by atoms with E-state index in [0.29, 0.717) is 19.3 Å². The van der Waals surface area contributed by atoms with E-state index >= 15 is 0 Å². The topological polar surface area (TPSA) is 38.5 Å². The molecule has 0 aromatic carbocycles. The fraction of sp³-hybridized carbons (Fsp3) is 1.00.